The first-order valence-corrected chi connectivity index (χ1v) is 11.8. The van der Waals surface area contributed by atoms with Gasteiger partial charge in [0.1, 0.15) is 11.6 Å². The SMILES string of the molecule is CC(/C=C/C(F)=C(/C)c1cc2c(c(Br)c1OC(C)C)C(C)(C)CC=C2C(C)C)=C\C(=O)O. The quantitative estimate of drug-likeness (QED) is 0.300. The van der Waals surface area contributed by atoms with Gasteiger partial charge in [-0.25, -0.2) is 9.18 Å². The van der Waals surface area contributed by atoms with Crippen LogP contribution in [0.4, 0.5) is 4.39 Å². The summed E-state index contributed by atoms with van der Waals surface area (Å²) in [5, 5.41) is 8.87. The summed E-state index contributed by atoms with van der Waals surface area (Å²) < 4.78 is 22.3. The topological polar surface area (TPSA) is 46.5 Å². The van der Waals surface area contributed by atoms with Crippen LogP contribution in [-0.4, -0.2) is 17.2 Å². The fourth-order valence-electron chi connectivity index (χ4n) is 3.98. The van der Waals surface area contributed by atoms with Gasteiger partial charge < -0.3 is 9.84 Å². The van der Waals surface area contributed by atoms with Crippen LogP contribution in [0, 0.1) is 5.92 Å². The Balaban J connectivity index is 2.78. The molecule has 1 aliphatic rings. The molecule has 0 unspecified atom stereocenters. The largest absolute Gasteiger partial charge is 0.489 e. The van der Waals surface area contributed by atoms with Crippen LogP contribution in [0.15, 0.2) is 46.2 Å². The minimum Gasteiger partial charge on any atom is -0.489 e. The van der Waals surface area contributed by atoms with Crippen LogP contribution in [0.3, 0.4) is 0 Å². The zero-order valence-corrected chi connectivity index (χ0v) is 21.9. The van der Waals surface area contributed by atoms with Gasteiger partial charge in [0.15, 0.2) is 0 Å². The molecule has 0 atom stereocenters. The normalized spacial score (nSPS) is 16.9. The van der Waals surface area contributed by atoms with Crippen molar-refractivity contribution in [1.29, 1.82) is 0 Å². The molecule has 0 spiro atoms. The first-order valence-electron chi connectivity index (χ1n) is 11.0. The van der Waals surface area contributed by atoms with Crippen molar-refractivity contribution in [3.63, 3.8) is 0 Å². The molecule has 0 aromatic heterocycles. The highest BCUT2D eigenvalue weighted by molar-refractivity contribution is 9.10. The maximum Gasteiger partial charge on any atom is 0.328 e. The van der Waals surface area contributed by atoms with E-state index in [4.69, 9.17) is 9.84 Å². The maximum atomic E-state index is 15.2. The van der Waals surface area contributed by atoms with Gasteiger partial charge in [0.05, 0.1) is 10.6 Å². The highest BCUT2D eigenvalue weighted by Crippen LogP contribution is 2.50. The van der Waals surface area contributed by atoms with Crippen LogP contribution in [0.25, 0.3) is 11.1 Å². The average Bonchev–Trinajstić information content (AvgIpc) is 2.65. The van der Waals surface area contributed by atoms with Crippen molar-refractivity contribution >= 4 is 33.0 Å². The molecule has 1 aromatic carbocycles. The molecule has 0 fully saturated rings. The summed E-state index contributed by atoms with van der Waals surface area (Å²) >= 11 is 3.82. The van der Waals surface area contributed by atoms with Gasteiger partial charge in [-0.05, 0) is 101 Å². The van der Waals surface area contributed by atoms with E-state index in [2.05, 4.69) is 49.7 Å². The predicted octanol–water partition coefficient (Wildman–Crippen LogP) is 8.24. The first-order chi connectivity index (χ1) is 14.8. The summed E-state index contributed by atoms with van der Waals surface area (Å²) in [5.74, 6) is -0.529. The highest BCUT2D eigenvalue weighted by atomic mass is 79.9. The van der Waals surface area contributed by atoms with Crippen LogP contribution in [0.5, 0.6) is 5.75 Å². The third kappa shape index (κ3) is 5.80. The Morgan fingerprint density at radius 1 is 1.22 bits per heavy atom. The molecule has 174 valence electrons. The second-order valence-electron chi connectivity index (χ2n) is 9.59. The van der Waals surface area contributed by atoms with Crippen LogP contribution >= 0.6 is 15.9 Å². The molecule has 32 heavy (non-hydrogen) atoms. The molecular formula is C27H34BrFO3. The van der Waals surface area contributed by atoms with E-state index >= 15 is 4.39 Å². The van der Waals surface area contributed by atoms with Crippen LogP contribution in [-0.2, 0) is 10.2 Å². The summed E-state index contributed by atoms with van der Waals surface area (Å²) in [5.41, 5.74) is 5.05. The lowest BCUT2D eigenvalue weighted by atomic mass is 9.70. The van der Waals surface area contributed by atoms with E-state index in [9.17, 15) is 4.79 Å². The summed E-state index contributed by atoms with van der Waals surface area (Å²) in [7, 11) is 0. The fraction of sp³-hybridized carbons (Fsp3) is 0.444. The zero-order chi connectivity index (χ0) is 24.4. The molecule has 1 aromatic rings. The molecule has 2 rings (SSSR count). The van der Waals surface area contributed by atoms with Gasteiger partial charge in [-0.2, -0.15) is 0 Å². The highest BCUT2D eigenvalue weighted by Gasteiger charge is 2.34. The number of aliphatic carboxylic acids is 1. The maximum absolute atomic E-state index is 15.2. The lowest BCUT2D eigenvalue weighted by Gasteiger charge is -2.36. The number of carboxylic acid groups (broad SMARTS) is 1. The average molecular weight is 505 g/mol. The number of hydrogen-bond acceptors (Lipinski definition) is 2. The van der Waals surface area contributed by atoms with Gasteiger partial charge in [0, 0.05) is 11.6 Å². The second-order valence-corrected chi connectivity index (χ2v) is 10.4. The van der Waals surface area contributed by atoms with Crippen molar-refractivity contribution in [3.05, 3.63) is 62.9 Å². The Morgan fingerprint density at radius 3 is 2.38 bits per heavy atom. The number of fused-ring (bicyclic) bond motifs is 1. The summed E-state index contributed by atoms with van der Waals surface area (Å²) in [6, 6.07) is 2.05. The molecule has 5 heteroatoms. The molecular weight excluding hydrogens is 471 g/mol. The summed E-state index contributed by atoms with van der Waals surface area (Å²) in [6.45, 7) is 16.0. The molecule has 0 radical (unpaired) electrons. The Bertz CT molecular complexity index is 1020. The van der Waals surface area contributed by atoms with Crippen molar-refractivity contribution in [2.24, 2.45) is 5.92 Å². The van der Waals surface area contributed by atoms with E-state index in [0.717, 1.165) is 22.5 Å². The van der Waals surface area contributed by atoms with E-state index in [1.807, 2.05) is 19.9 Å². The van der Waals surface area contributed by atoms with E-state index in [1.165, 1.54) is 23.3 Å². The molecule has 0 amide bonds. The zero-order valence-electron chi connectivity index (χ0n) is 20.3. The number of halogens is 2. The van der Waals surface area contributed by atoms with Crippen molar-refractivity contribution in [2.75, 3.05) is 0 Å². The third-order valence-electron chi connectivity index (χ3n) is 5.62. The predicted molar refractivity (Wildman–Crippen MR) is 135 cm³/mol. The molecule has 0 saturated heterocycles. The number of allylic oxidation sites excluding steroid dienone is 7. The lowest BCUT2D eigenvalue weighted by molar-refractivity contribution is -0.131. The van der Waals surface area contributed by atoms with Crippen molar-refractivity contribution in [2.45, 2.75) is 73.3 Å². The monoisotopic (exact) mass is 504 g/mol. The summed E-state index contributed by atoms with van der Waals surface area (Å²) in [6.07, 6.45) is 6.95. The fourth-order valence-corrected chi connectivity index (χ4v) is 5.03. The van der Waals surface area contributed by atoms with Crippen LogP contribution in [0.1, 0.15) is 78.5 Å². The van der Waals surface area contributed by atoms with Crippen LogP contribution < -0.4 is 4.74 Å². The van der Waals surface area contributed by atoms with E-state index in [0.29, 0.717) is 28.4 Å². The third-order valence-corrected chi connectivity index (χ3v) is 6.38. The molecule has 0 bridgehead atoms. The molecule has 1 aliphatic carbocycles. The second kappa shape index (κ2) is 10.2. The Hall–Kier alpha value is -2.14. The number of ether oxygens (including phenoxy) is 1. The first kappa shape index (κ1) is 26.1. The summed E-state index contributed by atoms with van der Waals surface area (Å²) in [4.78, 5) is 10.8. The molecule has 3 nitrogen and oxygen atoms in total. The number of rotatable bonds is 7. The number of carbonyl (C=O) groups is 1. The van der Waals surface area contributed by atoms with Crippen molar-refractivity contribution < 1.29 is 19.0 Å². The minimum absolute atomic E-state index is 0.0814. The molecule has 0 aliphatic heterocycles. The van der Waals surface area contributed by atoms with Crippen LogP contribution in [0.2, 0.25) is 0 Å². The van der Waals surface area contributed by atoms with Gasteiger partial charge in [0.2, 0.25) is 0 Å². The Morgan fingerprint density at radius 2 is 1.84 bits per heavy atom. The van der Waals surface area contributed by atoms with Gasteiger partial charge >= 0.3 is 5.97 Å². The van der Waals surface area contributed by atoms with E-state index in [-0.39, 0.29) is 11.5 Å². The van der Waals surface area contributed by atoms with E-state index in [1.54, 1.807) is 13.8 Å². The van der Waals surface area contributed by atoms with Gasteiger partial charge in [-0.15, -0.1) is 0 Å². The minimum atomic E-state index is -1.06. The standard InChI is InChI=1S/C27H34BrFO3/c1-15(2)19-11-12-27(7,8)24-21(19)14-20(26(25(24)28)32-16(3)4)18(6)22(29)10-9-17(5)13-23(30)31/h9-11,13-16H,12H2,1-8H3,(H,30,31)/b10-9+,17-13+,22-18+. The van der Waals surface area contributed by atoms with Gasteiger partial charge in [-0.3, -0.25) is 0 Å². The smallest absolute Gasteiger partial charge is 0.328 e. The van der Waals surface area contributed by atoms with Crippen molar-refractivity contribution in [3.8, 4) is 5.75 Å². The van der Waals surface area contributed by atoms with Crippen molar-refractivity contribution in [1.82, 2.24) is 0 Å². The molecule has 1 N–H and O–H groups in total. The number of hydrogen-bond donors (Lipinski definition) is 1. The Labute approximate surface area is 199 Å². The Kier molecular flexibility index (Phi) is 8.33. The molecule has 0 heterocycles. The number of carboxylic acids is 1. The lowest BCUT2D eigenvalue weighted by Crippen LogP contribution is -2.24. The molecule has 0 saturated carbocycles. The van der Waals surface area contributed by atoms with Gasteiger partial charge in [0.25, 0.3) is 0 Å². The number of benzene rings is 1. The van der Waals surface area contributed by atoms with E-state index < -0.39 is 11.8 Å². The van der Waals surface area contributed by atoms with Gasteiger partial charge in [-0.1, -0.05) is 39.8 Å².